The van der Waals surface area contributed by atoms with Gasteiger partial charge in [0.15, 0.2) is 6.23 Å². The number of hydrogen-bond acceptors (Lipinski definition) is 10. The third kappa shape index (κ3) is 5.62. The molecule has 1 aliphatic heterocycles. The zero-order valence-electron chi connectivity index (χ0n) is 15.1. The van der Waals surface area contributed by atoms with Crippen molar-refractivity contribution in [3.63, 3.8) is 0 Å². The fourth-order valence-electron chi connectivity index (χ4n) is 2.43. The number of rotatable bonds is 11. The van der Waals surface area contributed by atoms with Crippen LogP contribution < -0.4 is 10.5 Å². The summed E-state index contributed by atoms with van der Waals surface area (Å²) in [5.74, 6) is 0.681. The van der Waals surface area contributed by atoms with E-state index in [1.807, 2.05) is 12.1 Å². The third-order valence-corrected chi connectivity index (χ3v) is 4.76. The molecule has 1 saturated heterocycles. The lowest BCUT2D eigenvalue weighted by molar-refractivity contribution is -0.394. The number of nitrogens with two attached hydrogens (primary N) is 1. The van der Waals surface area contributed by atoms with E-state index in [1.54, 1.807) is 12.1 Å². The van der Waals surface area contributed by atoms with Crippen LogP contribution >= 0.6 is 11.9 Å². The molecular weight excluding hydrogens is 404 g/mol. The van der Waals surface area contributed by atoms with Crippen molar-refractivity contribution in [2.75, 3.05) is 26.4 Å². The Kier molecular flexibility index (Phi) is 6.95. The van der Waals surface area contributed by atoms with Crippen LogP contribution in [0.25, 0.3) is 0 Å². The van der Waals surface area contributed by atoms with Crippen LogP contribution in [0.5, 0.6) is 5.75 Å². The number of hydrogen-bond donors (Lipinski definition) is 1. The minimum atomic E-state index is -0.676. The molecule has 1 heterocycles. The van der Waals surface area contributed by atoms with Crippen molar-refractivity contribution in [3.05, 3.63) is 68.3 Å². The van der Waals surface area contributed by atoms with E-state index in [4.69, 9.17) is 20.0 Å². The second kappa shape index (κ2) is 9.62. The van der Waals surface area contributed by atoms with Crippen molar-refractivity contribution in [2.24, 2.45) is 5.73 Å². The molecule has 0 aromatic heterocycles. The summed E-state index contributed by atoms with van der Waals surface area (Å²) < 4.78 is 12.2. The molecule has 2 unspecified atom stereocenters. The van der Waals surface area contributed by atoms with Gasteiger partial charge < -0.3 is 15.2 Å². The smallest absolute Gasteiger partial charge is 0.283 e. The van der Waals surface area contributed by atoms with Crippen LogP contribution in [-0.2, 0) is 9.57 Å². The molecule has 12 heteroatoms. The summed E-state index contributed by atoms with van der Waals surface area (Å²) in [6.45, 7) is 1.82. The van der Waals surface area contributed by atoms with Crippen LogP contribution in [0, 0.1) is 20.2 Å². The molecule has 29 heavy (non-hydrogen) atoms. The molecule has 154 valence electrons. The highest BCUT2D eigenvalue weighted by atomic mass is 32.2. The van der Waals surface area contributed by atoms with Gasteiger partial charge in [0.1, 0.15) is 12.4 Å². The van der Waals surface area contributed by atoms with Gasteiger partial charge in [-0.05, 0) is 42.3 Å². The van der Waals surface area contributed by atoms with E-state index in [9.17, 15) is 20.2 Å². The minimum absolute atomic E-state index is 0.255. The van der Waals surface area contributed by atoms with Gasteiger partial charge in [0.25, 0.3) is 11.4 Å². The van der Waals surface area contributed by atoms with Crippen LogP contribution in [0.4, 0.5) is 11.4 Å². The summed E-state index contributed by atoms with van der Waals surface area (Å²) >= 11 is 1.25. The average molecular weight is 422 g/mol. The van der Waals surface area contributed by atoms with Crippen molar-refractivity contribution in [3.8, 4) is 5.75 Å². The third-order valence-electron chi connectivity index (χ3n) is 3.81. The lowest BCUT2D eigenvalue weighted by atomic mass is 10.1. The highest BCUT2D eigenvalue weighted by molar-refractivity contribution is 7.97. The zero-order chi connectivity index (χ0) is 20.8. The van der Waals surface area contributed by atoms with Crippen molar-refractivity contribution in [1.29, 1.82) is 0 Å². The maximum Gasteiger partial charge on any atom is 0.283 e. The van der Waals surface area contributed by atoms with Gasteiger partial charge in [-0.1, -0.05) is 4.47 Å². The number of benzene rings is 2. The standard InChI is InChI=1S/C17H18N4O7S/c18-7-8-26-9-10-27-13-2-4-14(5-3-13)29-21-17(28-21)15-6-1-12(19(22)23)11-16(15)20(24)25/h1-6,11,17H,7-10,18H2. The average Bonchev–Trinajstić information content (AvgIpc) is 3.47. The van der Waals surface area contributed by atoms with Gasteiger partial charge in [-0.15, -0.1) is 0 Å². The first kappa shape index (κ1) is 21.0. The second-order valence-electron chi connectivity index (χ2n) is 5.81. The van der Waals surface area contributed by atoms with E-state index in [2.05, 4.69) is 0 Å². The zero-order valence-corrected chi connectivity index (χ0v) is 15.9. The first-order valence-electron chi connectivity index (χ1n) is 8.57. The van der Waals surface area contributed by atoms with Gasteiger partial charge in [0.2, 0.25) is 0 Å². The summed E-state index contributed by atoms with van der Waals surface area (Å²) in [4.78, 5) is 27.0. The molecule has 2 atom stereocenters. The van der Waals surface area contributed by atoms with Gasteiger partial charge in [-0.25, -0.2) is 0 Å². The fourth-order valence-corrected chi connectivity index (χ4v) is 3.23. The molecule has 11 nitrogen and oxygen atoms in total. The Morgan fingerprint density at radius 3 is 2.48 bits per heavy atom. The molecule has 2 aromatic rings. The van der Waals surface area contributed by atoms with Gasteiger partial charge in [0.05, 0.1) is 34.7 Å². The van der Waals surface area contributed by atoms with E-state index < -0.39 is 16.1 Å². The molecule has 0 spiro atoms. The summed E-state index contributed by atoms with van der Waals surface area (Å²) in [6.07, 6.45) is -0.656. The van der Waals surface area contributed by atoms with Gasteiger partial charge in [-0.3, -0.25) is 25.1 Å². The van der Waals surface area contributed by atoms with Crippen LogP contribution in [-0.4, -0.2) is 40.7 Å². The molecule has 1 aliphatic rings. The number of nitrogens with zero attached hydrogens (tertiary/aromatic N) is 3. The van der Waals surface area contributed by atoms with E-state index in [-0.39, 0.29) is 16.9 Å². The van der Waals surface area contributed by atoms with Gasteiger partial charge in [0, 0.05) is 17.5 Å². The molecule has 0 bridgehead atoms. The van der Waals surface area contributed by atoms with E-state index in [0.29, 0.717) is 32.1 Å². The molecular formula is C17H18N4O7S. The molecule has 1 fully saturated rings. The maximum absolute atomic E-state index is 11.2. The molecule has 0 radical (unpaired) electrons. The number of nitro benzene ring substituents is 2. The topological polar surface area (TPSA) is 146 Å². The SMILES string of the molecule is NCCOCCOc1ccc(SN2OC2c2ccc([N+](=O)[O-])cc2[N+](=O)[O-])cc1. The summed E-state index contributed by atoms with van der Waals surface area (Å²) in [7, 11) is 0. The van der Waals surface area contributed by atoms with Crippen molar-refractivity contribution >= 4 is 23.3 Å². The maximum atomic E-state index is 11.2. The van der Waals surface area contributed by atoms with Crippen LogP contribution in [0.1, 0.15) is 11.8 Å². The van der Waals surface area contributed by atoms with Crippen LogP contribution in [0.15, 0.2) is 47.4 Å². The van der Waals surface area contributed by atoms with Crippen molar-refractivity contribution < 1.29 is 24.2 Å². The highest BCUT2D eigenvalue weighted by Gasteiger charge is 2.44. The van der Waals surface area contributed by atoms with Gasteiger partial charge >= 0.3 is 0 Å². The lowest BCUT2D eigenvalue weighted by Crippen LogP contribution is -2.13. The summed E-state index contributed by atoms with van der Waals surface area (Å²) in [6, 6.07) is 10.7. The van der Waals surface area contributed by atoms with E-state index in [1.165, 1.54) is 28.5 Å². The van der Waals surface area contributed by atoms with Crippen LogP contribution in [0.3, 0.4) is 0 Å². The van der Waals surface area contributed by atoms with E-state index >= 15 is 0 Å². The van der Waals surface area contributed by atoms with E-state index in [0.717, 1.165) is 11.0 Å². The molecule has 0 aliphatic carbocycles. The number of nitro groups is 2. The first-order valence-corrected chi connectivity index (χ1v) is 9.34. The summed E-state index contributed by atoms with van der Waals surface area (Å²) in [5.41, 5.74) is 4.89. The number of ether oxygens (including phenoxy) is 2. The number of hydroxylamine groups is 1. The predicted molar refractivity (Wildman–Crippen MR) is 103 cm³/mol. The second-order valence-corrected chi connectivity index (χ2v) is 6.83. The molecule has 0 saturated carbocycles. The molecule has 3 rings (SSSR count). The lowest BCUT2D eigenvalue weighted by Gasteiger charge is -2.07. The van der Waals surface area contributed by atoms with Crippen molar-refractivity contribution in [2.45, 2.75) is 11.1 Å². The largest absolute Gasteiger partial charge is 0.491 e. The Morgan fingerprint density at radius 1 is 1.07 bits per heavy atom. The predicted octanol–water partition coefficient (Wildman–Crippen LogP) is 2.81. The first-order chi connectivity index (χ1) is 14.0. The van der Waals surface area contributed by atoms with Crippen LogP contribution in [0.2, 0.25) is 0 Å². The van der Waals surface area contributed by atoms with Crippen molar-refractivity contribution in [1.82, 2.24) is 4.47 Å². The fraction of sp³-hybridized carbons (Fsp3) is 0.294. The number of non-ortho nitro benzene ring substituents is 1. The Labute approximate surface area is 169 Å². The summed E-state index contributed by atoms with van der Waals surface area (Å²) in [5, 5.41) is 22.1. The monoisotopic (exact) mass is 422 g/mol. The molecule has 2 N–H and O–H groups in total. The molecule has 0 amide bonds. The quantitative estimate of drug-likeness (QED) is 0.188. The Morgan fingerprint density at radius 2 is 1.83 bits per heavy atom. The minimum Gasteiger partial charge on any atom is -0.491 e. The Hall–Kier alpha value is -2.77. The van der Waals surface area contributed by atoms with Gasteiger partial charge in [-0.2, -0.15) is 0 Å². The highest BCUT2D eigenvalue weighted by Crippen LogP contribution is 2.49. The normalized spacial score (nSPS) is 17.7. The Bertz CT molecular complexity index is 881. The Balaban J connectivity index is 1.56. The molecule has 2 aromatic carbocycles.